The van der Waals surface area contributed by atoms with Crippen LogP contribution in [0.2, 0.25) is 0 Å². The van der Waals surface area contributed by atoms with Crippen molar-refractivity contribution in [2.24, 2.45) is 23.7 Å². The van der Waals surface area contributed by atoms with E-state index in [1.54, 1.807) is 6.07 Å². The molecule has 5 fully saturated rings. The topological polar surface area (TPSA) is 45.3 Å². The highest BCUT2D eigenvalue weighted by atomic mass is 19.4. The first-order valence-electron chi connectivity index (χ1n) is 12.7. The quantitative estimate of drug-likeness (QED) is 0.478. The number of hydrogen-bond acceptors (Lipinski definition) is 5. The van der Waals surface area contributed by atoms with Gasteiger partial charge in [0, 0.05) is 50.2 Å². The van der Waals surface area contributed by atoms with Gasteiger partial charge in [-0.05, 0) is 56.7 Å². The molecule has 3 heterocycles. The molecule has 3 aliphatic heterocycles. The minimum absolute atomic E-state index is 0.0261. The number of rotatable bonds is 3. The number of halogens is 3. The lowest BCUT2D eigenvalue weighted by Crippen LogP contribution is -2.58. The third kappa shape index (κ3) is 3.39. The number of alkyl halides is 3. The Morgan fingerprint density at radius 2 is 1.85 bits per heavy atom. The molecule has 2 aliphatic carbocycles. The summed E-state index contributed by atoms with van der Waals surface area (Å²) < 4.78 is 51.9. The van der Waals surface area contributed by atoms with E-state index < -0.39 is 17.3 Å². The minimum Gasteiger partial charge on any atom is -0.455 e. The van der Waals surface area contributed by atoms with Crippen molar-refractivity contribution in [3.63, 3.8) is 0 Å². The Labute approximate surface area is 198 Å². The number of fused-ring (bicyclic) bond motifs is 1. The fraction of sp³-hybridized carbons (Fsp3) is 0.731. The van der Waals surface area contributed by atoms with Crippen LogP contribution in [0.4, 0.5) is 18.9 Å². The summed E-state index contributed by atoms with van der Waals surface area (Å²) >= 11 is 0. The lowest BCUT2D eigenvalue weighted by Gasteiger charge is -2.50. The normalized spacial score (nSPS) is 42.0. The van der Waals surface area contributed by atoms with Crippen LogP contribution < -0.4 is 4.90 Å². The molecular weight excluding hydrogens is 445 g/mol. The maximum atomic E-state index is 13.2. The first kappa shape index (κ1) is 22.7. The number of carbonyl (C=O) groups excluding carboxylic acids is 1. The molecule has 1 aromatic carbocycles. The van der Waals surface area contributed by atoms with Gasteiger partial charge in [-0.15, -0.1) is 0 Å². The Bertz CT molecular complexity index is 978. The number of nitrogens with zero attached hydrogens (tertiary/aromatic N) is 2. The van der Waals surface area contributed by atoms with Gasteiger partial charge in [0.25, 0.3) is 0 Å². The molecule has 2 saturated carbocycles. The maximum Gasteiger partial charge on any atom is 0.416 e. The van der Waals surface area contributed by atoms with Crippen LogP contribution in [0.15, 0.2) is 24.3 Å². The molecule has 3 saturated heterocycles. The lowest BCUT2D eigenvalue weighted by atomic mass is 9.55. The maximum absolute atomic E-state index is 13.2. The van der Waals surface area contributed by atoms with Crippen LogP contribution in [0, 0.1) is 23.7 Å². The van der Waals surface area contributed by atoms with Crippen LogP contribution >= 0.6 is 0 Å². The van der Waals surface area contributed by atoms with Crippen molar-refractivity contribution in [1.82, 2.24) is 4.90 Å². The van der Waals surface area contributed by atoms with Gasteiger partial charge in [0.05, 0.1) is 17.1 Å². The SMILES string of the molecule is C[C@H]1CC[C@@H]2[C@H](CN3CCN(c4cccc(C(F)(F)F)c4)CC3)C(=O)O[C@@]23[C@@H]1CC[C@@]1(C)O[C@H]31. The van der Waals surface area contributed by atoms with E-state index in [2.05, 4.69) is 18.7 Å². The Morgan fingerprint density at radius 3 is 2.59 bits per heavy atom. The Balaban J connectivity index is 1.14. The zero-order valence-electron chi connectivity index (χ0n) is 19.8. The predicted molar refractivity (Wildman–Crippen MR) is 120 cm³/mol. The molecule has 1 aromatic rings. The van der Waals surface area contributed by atoms with Gasteiger partial charge < -0.3 is 14.4 Å². The monoisotopic (exact) mass is 478 g/mol. The fourth-order valence-corrected chi connectivity index (χ4v) is 7.61. The highest BCUT2D eigenvalue weighted by molar-refractivity contribution is 5.77. The number of epoxide rings is 1. The number of carbonyl (C=O) groups is 1. The van der Waals surface area contributed by atoms with Crippen LogP contribution in [0.5, 0.6) is 0 Å². The molecule has 0 bridgehead atoms. The van der Waals surface area contributed by atoms with E-state index in [0.717, 1.165) is 44.8 Å². The largest absolute Gasteiger partial charge is 0.455 e. The van der Waals surface area contributed by atoms with Crippen molar-refractivity contribution in [2.75, 3.05) is 37.6 Å². The molecular formula is C26H33F3N2O3. The molecule has 0 N–H and O–H groups in total. The fourth-order valence-electron chi connectivity index (χ4n) is 7.61. The molecule has 0 unspecified atom stereocenters. The second-order valence-electron chi connectivity index (χ2n) is 11.3. The van der Waals surface area contributed by atoms with Crippen molar-refractivity contribution in [1.29, 1.82) is 0 Å². The van der Waals surface area contributed by atoms with Gasteiger partial charge in [0.15, 0.2) is 0 Å². The second-order valence-corrected chi connectivity index (χ2v) is 11.3. The van der Waals surface area contributed by atoms with E-state index in [1.165, 1.54) is 12.1 Å². The van der Waals surface area contributed by atoms with E-state index in [9.17, 15) is 18.0 Å². The highest BCUT2D eigenvalue weighted by Gasteiger charge is 2.77. The molecule has 6 rings (SSSR count). The molecule has 0 amide bonds. The third-order valence-electron chi connectivity index (χ3n) is 9.46. The smallest absolute Gasteiger partial charge is 0.416 e. The zero-order valence-corrected chi connectivity index (χ0v) is 19.8. The lowest BCUT2D eigenvalue weighted by molar-refractivity contribution is -0.168. The van der Waals surface area contributed by atoms with Gasteiger partial charge in [0.2, 0.25) is 0 Å². The summed E-state index contributed by atoms with van der Waals surface area (Å²) in [7, 11) is 0. The molecule has 1 spiro atoms. The average Bonchev–Trinajstić information content (AvgIpc) is 3.43. The van der Waals surface area contributed by atoms with E-state index in [-0.39, 0.29) is 29.5 Å². The van der Waals surface area contributed by atoms with Crippen LogP contribution in [0.25, 0.3) is 0 Å². The number of piperazine rings is 1. The molecule has 0 radical (unpaired) electrons. The van der Waals surface area contributed by atoms with Gasteiger partial charge in [-0.25, -0.2) is 0 Å². The summed E-state index contributed by atoms with van der Waals surface area (Å²) in [5, 5.41) is 0. The molecule has 186 valence electrons. The number of ether oxygens (including phenoxy) is 2. The van der Waals surface area contributed by atoms with Crippen molar-refractivity contribution in [2.45, 2.75) is 63.0 Å². The van der Waals surface area contributed by atoms with Crippen LogP contribution in [-0.4, -0.2) is 60.9 Å². The Hall–Kier alpha value is -1.80. The average molecular weight is 479 g/mol. The van der Waals surface area contributed by atoms with Crippen molar-refractivity contribution in [3.05, 3.63) is 29.8 Å². The summed E-state index contributed by atoms with van der Waals surface area (Å²) in [6.45, 7) is 7.83. The summed E-state index contributed by atoms with van der Waals surface area (Å²) in [4.78, 5) is 17.5. The summed E-state index contributed by atoms with van der Waals surface area (Å²) in [5.41, 5.74) is -0.622. The van der Waals surface area contributed by atoms with Gasteiger partial charge in [-0.2, -0.15) is 13.2 Å². The summed E-state index contributed by atoms with van der Waals surface area (Å²) in [5.74, 6) is 0.867. The molecule has 5 nitrogen and oxygen atoms in total. The molecule has 0 aromatic heterocycles. The second kappa shape index (κ2) is 7.60. The first-order chi connectivity index (χ1) is 16.1. The third-order valence-corrected chi connectivity index (χ3v) is 9.46. The number of hydrogen-bond donors (Lipinski definition) is 0. The summed E-state index contributed by atoms with van der Waals surface area (Å²) in [6, 6.07) is 5.55. The van der Waals surface area contributed by atoms with Crippen molar-refractivity contribution in [3.8, 4) is 0 Å². The first-order valence-corrected chi connectivity index (χ1v) is 12.7. The number of anilines is 1. The van der Waals surface area contributed by atoms with Gasteiger partial charge in [0.1, 0.15) is 11.7 Å². The van der Waals surface area contributed by atoms with Crippen molar-refractivity contribution >= 4 is 11.7 Å². The number of esters is 1. The van der Waals surface area contributed by atoms with Crippen LogP contribution in [-0.2, 0) is 20.4 Å². The van der Waals surface area contributed by atoms with E-state index in [0.29, 0.717) is 37.2 Å². The van der Waals surface area contributed by atoms with Gasteiger partial charge in [-0.3, -0.25) is 9.69 Å². The zero-order chi connectivity index (χ0) is 23.9. The summed E-state index contributed by atoms with van der Waals surface area (Å²) in [6.07, 6.45) is -0.100. The Kier molecular flexibility index (Phi) is 5.06. The molecule has 7 atom stereocenters. The van der Waals surface area contributed by atoms with Crippen molar-refractivity contribution < 1.29 is 27.4 Å². The van der Waals surface area contributed by atoms with Gasteiger partial charge in [-0.1, -0.05) is 13.0 Å². The van der Waals surface area contributed by atoms with Crippen LogP contribution in [0.1, 0.15) is 45.1 Å². The van der Waals surface area contributed by atoms with E-state index >= 15 is 0 Å². The van der Waals surface area contributed by atoms with Crippen LogP contribution in [0.3, 0.4) is 0 Å². The minimum atomic E-state index is -4.34. The Morgan fingerprint density at radius 1 is 1.09 bits per heavy atom. The standard InChI is InChI=1S/C26H33F3N2O3/c1-16-6-7-21-19(22(32)33-25(21)20(16)8-9-24(2)23(25)34-24)15-30-10-12-31(13-11-30)18-5-3-4-17(14-18)26(27,28)29/h3-5,14,16,19-21,23H,6-13,15H2,1-2H3/t16-,19-,20+,21+,23-,24+,25-/m0/s1. The molecule has 5 aliphatic rings. The highest BCUT2D eigenvalue weighted by Crippen LogP contribution is 2.66. The van der Waals surface area contributed by atoms with E-state index in [4.69, 9.17) is 9.47 Å². The van der Waals surface area contributed by atoms with Gasteiger partial charge >= 0.3 is 12.1 Å². The molecule has 8 heteroatoms. The van der Waals surface area contributed by atoms with E-state index in [1.807, 2.05) is 4.90 Å². The number of benzene rings is 1. The predicted octanol–water partition coefficient (Wildman–Crippen LogP) is 4.35. The molecule has 34 heavy (non-hydrogen) atoms.